The van der Waals surface area contributed by atoms with Crippen molar-refractivity contribution in [3.05, 3.63) is 21.9 Å². The highest BCUT2D eigenvalue weighted by molar-refractivity contribution is 7.80. The molecule has 1 aromatic rings. The van der Waals surface area contributed by atoms with Crippen LogP contribution in [-0.2, 0) is 0 Å². The van der Waals surface area contributed by atoms with Gasteiger partial charge in [0.25, 0.3) is 5.91 Å². The van der Waals surface area contributed by atoms with Crippen LogP contribution in [0.1, 0.15) is 28.8 Å². The fraction of sp³-hybridized carbons (Fsp3) is 0.500. The number of hydrogen-bond donors (Lipinski definition) is 1. The number of amides is 1. The molecule has 1 aromatic heterocycles. The van der Waals surface area contributed by atoms with Crippen molar-refractivity contribution >= 4 is 34.5 Å². The standard InChI is InChI=1S/C12H16N2OS2/c1-8-6-17-7-10(8)12(15)14-4-2-3-9(5-14)11(13)16/h6-7,9H,2-5H2,1H3,(H2,13,16). The van der Waals surface area contributed by atoms with Gasteiger partial charge in [0.1, 0.15) is 0 Å². The Bertz CT molecular complexity index is 441. The minimum absolute atomic E-state index is 0.115. The average Bonchev–Trinajstić information content (AvgIpc) is 2.74. The van der Waals surface area contributed by atoms with Gasteiger partial charge in [-0.25, -0.2) is 0 Å². The zero-order valence-corrected chi connectivity index (χ0v) is 11.4. The number of aryl methyl sites for hydroxylation is 1. The summed E-state index contributed by atoms with van der Waals surface area (Å²) in [7, 11) is 0. The zero-order valence-electron chi connectivity index (χ0n) is 9.81. The molecule has 5 heteroatoms. The lowest BCUT2D eigenvalue weighted by atomic mass is 9.97. The van der Waals surface area contributed by atoms with Gasteiger partial charge in [-0.3, -0.25) is 4.79 Å². The highest BCUT2D eigenvalue weighted by Gasteiger charge is 2.26. The summed E-state index contributed by atoms with van der Waals surface area (Å²) in [5.41, 5.74) is 7.54. The molecule has 1 amide bonds. The van der Waals surface area contributed by atoms with Gasteiger partial charge in [0.2, 0.25) is 0 Å². The second-order valence-corrected chi connectivity index (χ2v) is 5.68. The maximum atomic E-state index is 12.3. The summed E-state index contributed by atoms with van der Waals surface area (Å²) >= 11 is 6.59. The molecule has 1 saturated heterocycles. The van der Waals surface area contributed by atoms with E-state index in [-0.39, 0.29) is 11.8 Å². The van der Waals surface area contributed by atoms with Crippen LogP contribution >= 0.6 is 23.6 Å². The molecular weight excluding hydrogens is 252 g/mol. The Hall–Kier alpha value is -0.940. The van der Waals surface area contributed by atoms with Crippen molar-refractivity contribution in [3.63, 3.8) is 0 Å². The van der Waals surface area contributed by atoms with Gasteiger partial charge in [-0.15, -0.1) is 0 Å². The molecule has 0 saturated carbocycles. The van der Waals surface area contributed by atoms with Crippen LogP contribution in [0.5, 0.6) is 0 Å². The molecule has 1 atom stereocenters. The second kappa shape index (κ2) is 5.14. The summed E-state index contributed by atoms with van der Waals surface area (Å²) in [4.78, 5) is 14.7. The molecule has 2 heterocycles. The molecule has 0 bridgehead atoms. The Morgan fingerprint density at radius 3 is 2.94 bits per heavy atom. The maximum absolute atomic E-state index is 12.3. The molecule has 2 rings (SSSR count). The van der Waals surface area contributed by atoms with Gasteiger partial charge in [0.15, 0.2) is 0 Å². The van der Waals surface area contributed by atoms with Crippen molar-refractivity contribution in [2.45, 2.75) is 19.8 Å². The summed E-state index contributed by atoms with van der Waals surface area (Å²) in [5.74, 6) is 0.298. The molecule has 2 N–H and O–H groups in total. The van der Waals surface area contributed by atoms with Crippen LogP contribution < -0.4 is 5.73 Å². The largest absolute Gasteiger partial charge is 0.393 e. The lowest BCUT2D eigenvalue weighted by Gasteiger charge is -2.32. The first kappa shape index (κ1) is 12.5. The Kier molecular flexibility index (Phi) is 3.79. The molecule has 3 nitrogen and oxygen atoms in total. The van der Waals surface area contributed by atoms with E-state index in [1.165, 1.54) is 0 Å². The maximum Gasteiger partial charge on any atom is 0.254 e. The van der Waals surface area contributed by atoms with Crippen molar-refractivity contribution in [1.29, 1.82) is 0 Å². The van der Waals surface area contributed by atoms with E-state index in [0.717, 1.165) is 30.5 Å². The fourth-order valence-corrected chi connectivity index (χ4v) is 3.16. The van der Waals surface area contributed by atoms with Gasteiger partial charge in [-0.05, 0) is 30.7 Å². The summed E-state index contributed by atoms with van der Waals surface area (Å²) in [6.45, 7) is 3.45. The van der Waals surface area contributed by atoms with Crippen LogP contribution in [0.15, 0.2) is 10.8 Å². The number of thiophene rings is 1. The van der Waals surface area contributed by atoms with E-state index in [0.29, 0.717) is 11.5 Å². The number of nitrogens with zero attached hydrogens (tertiary/aromatic N) is 1. The lowest BCUT2D eigenvalue weighted by molar-refractivity contribution is 0.0703. The average molecular weight is 268 g/mol. The Balaban J connectivity index is 2.10. The van der Waals surface area contributed by atoms with Crippen LogP contribution in [0.2, 0.25) is 0 Å². The van der Waals surface area contributed by atoms with Crippen LogP contribution in [0.3, 0.4) is 0 Å². The fourth-order valence-electron chi connectivity index (χ4n) is 2.14. The van der Waals surface area contributed by atoms with E-state index < -0.39 is 0 Å². The third-order valence-electron chi connectivity index (χ3n) is 3.20. The third-order valence-corrected chi connectivity index (χ3v) is 4.39. The minimum atomic E-state index is 0.115. The van der Waals surface area contributed by atoms with Gasteiger partial charge in [-0.2, -0.15) is 11.3 Å². The highest BCUT2D eigenvalue weighted by atomic mass is 32.1. The molecule has 0 aliphatic carbocycles. The van der Waals surface area contributed by atoms with Crippen molar-refractivity contribution in [1.82, 2.24) is 4.90 Å². The normalized spacial score (nSPS) is 20.3. The number of hydrogen-bond acceptors (Lipinski definition) is 3. The number of carbonyl (C=O) groups excluding carboxylic acids is 1. The number of carbonyl (C=O) groups is 1. The predicted molar refractivity (Wildman–Crippen MR) is 74.5 cm³/mol. The second-order valence-electron chi connectivity index (χ2n) is 4.46. The Morgan fingerprint density at radius 1 is 1.59 bits per heavy atom. The van der Waals surface area contributed by atoms with Crippen LogP contribution in [0.25, 0.3) is 0 Å². The Morgan fingerprint density at radius 2 is 2.35 bits per heavy atom. The minimum Gasteiger partial charge on any atom is -0.393 e. The first-order valence-corrected chi connectivity index (χ1v) is 7.06. The number of thiocarbonyl (C=S) groups is 1. The first-order chi connectivity index (χ1) is 8.09. The van der Waals surface area contributed by atoms with E-state index in [1.807, 2.05) is 22.6 Å². The van der Waals surface area contributed by atoms with Crippen molar-refractivity contribution in [2.24, 2.45) is 11.7 Å². The highest BCUT2D eigenvalue weighted by Crippen LogP contribution is 2.21. The van der Waals surface area contributed by atoms with E-state index in [2.05, 4.69) is 0 Å². The van der Waals surface area contributed by atoms with E-state index in [4.69, 9.17) is 18.0 Å². The Labute approximate surface area is 111 Å². The van der Waals surface area contributed by atoms with Gasteiger partial charge in [0, 0.05) is 24.4 Å². The topological polar surface area (TPSA) is 46.3 Å². The monoisotopic (exact) mass is 268 g/mol. The summed E-state index contributed by atoms with van der Waals surface area (Å²) in [5, 5.41) is 3.92. The first-order valence-electron chi connectivity index (χ1n) is 5.71. The molecule has 1 aliphatic rings. The summed E-state index contributed by atoms with van der Waals surface area (Å²) in [6.07, 6.45) is 1.98. The zero-order chi connectivity index (χ0) is 12.4. The van der Waals surface area contributed by atoms with Crippen LogP contribution in [0, 0.1) is 12.8 Å². The number of nitrogens with two attached hydrogens (primary N) is 1. The molecule has 1 aliphatic heterocycles. The lowest BCUT2D eigenvalue weighted by Crippen LogP contribution is -2.43. The number of piperidine rings is 1. The third kappa shape index (κ3) is 2.66. The molecule has 0 radical (unpaired) electrons. The van der Waals surface area contributed by atoms with Crippen molar-refractivity contribution in [2.75, 3.05) is 13.1 Å². The van der Waals surface area contributed by atoms with Crippen LogP contribution in [-0.4, -0.2) is 28.9 Å². The number of rotatable bonds is 2. The van der Waals surface area contributed by atoms with Crippen LogP contribution in [0.4, 0.5) is 0 Å². The number of likely N-dealkylation sites (tertiary alicyclic amines) is 1. The smallest absolute Gasteiger partial charge is 0.254 e. The molecule has 17 heavy (non-hydrogen) atoms. The van der Waals surface area contributed by atoms with Gasteiger partial charge < -0.3 is 10.6 Å². The van der Waals surface area contributed by atoms with Crippen molar-refractivity contribution in [3.8, 4) is 0 Å². The molecular formula is C12H16N2OS2. The molecule has 0 aromatic carbocycles. The molecule has 1 unspecified atom stereocenters. The SMILES string of the molecule is Cc1cscc1C(=O)N1CCCC(C(N)=S)C1. The van der Waals surface area contributed by atoms with E-state index >= 15 is 0 Å². The van der Waals surface area contributed by atoms with E-state index in [1.54, 1.807) is 11.3 Å². The van der Waals surface area contributed by atoms with Gasteiger partial charge in [0.05, 0.1) is 10.6 Å². The summed E-state index contributed by atoms with van der Waals surface area (Å²) in [6, 6.07) is 0. The molecule has 92 valence electrons. The predicted octanol–water partition coefficient (Wildman–Crippen LogP) is 2.19. The van der Waals surface area contributed by atoms with Crippen molar-refractivity contribution < 1.29 is 4.79 Å². The molecule has 1 fully saturated rings. The van der Waals surface area contributed by atoms with E-state index in [9.17, 15) is 4.79 Å². The van der Waals surface area contributed by atoms with Gasteiger partial charge >= 0.3 is 0 Å². The molecule has 0 spiro atoms. The summed E-state index contributed by atoms with van der Waals surface area (Å²) < 4.78 is 0. The van der Waals surface area contributed by atoms with Gasteiger partial charge in [-0.1, -0.05) is 12.2 Å². The quantitative estimate of drug-likeness (QED) is 0.836.